The first kappa shape index (κ1) is 17.7. The second-order valence-corrected chi connectivity index (χ2v) is 5.93. The summed E-state index contributed by atoms with van der Waals surface area (Å²) in [4.78, 5) is 24.3. The number of benzene rings is 2. The van der Waals surface area contributed by atoms with E-state index in [0.717, 1.165) is 0 Å². The van der Waals surface area contributed by atoms with Crippen LogP contribution in [0, 0.1) is 0 Å². The molecule has 0 unspecified atom stereocenters. The minimum absolute atomic E-state index is 0.245. The highest BCUT2D eigenvalue weighted by atomic mass is 35.5. The molecule has 7 heteroatoms. The van der Waals surface area contributed by atoms with Crippen LogP contribution in [0.15, 0.2) is 62.8 Å². The molecular formula is C19H15ClN2O4. The summed E-state index contributed by atoms with van der Waals surface area (Å²) in [6.07, 6.45) is 0. The molecule has 3 rings (SSSR count). The Kier molecular flexibility index (Phi) is 5.04. The number of halogens is 1. The maximum absolute atomic E-state index is 12.1. The lowest BCUT2D eigenvalue weighted by Gasteiger charge is -2.05. The molecule has 1 aromatic heterocycles. The molecule has 0 atom stereocenters. The summed E-state index contributed by atoms with van der Waals surface area (Å²) < 4.78 is 10.3. The molecule has 26 heavy (non-hydrogen) atoms. The van der Waals surface area contributed by atoms with Gasteiger partial charge in [-0.2, -0.15) is 5.10 Å². The highest BCUT2D eigenvalue weighted by Crippen LogP contribution is 2.19. The molecule has 0 saturated heterocycles. The molecule has 0 fully saturated rings. The molecule has 132 valence electrons. The van der Waals surface area contributed by atoms with Crippen LogP contribution in [0.5, 0.6) is 5.75 Å². The number of nitrogens with one attached hydrogen (secondary N) is 1. The summed E-state index contributed by atoms with van der Waals surface area (Å²) >= 11 is 5.97. The number of methoxy groups -OCH3 is 1. The molecule has 0 aliphatic rings. The number of carbonyl (C=O) groups excluding carboxylic acids is 1. The number of hydrogen-bond acceptors (Lipinski definition) is 5. The molecular weight excluding hydrogens is 356 g/mol. The average Bonchev–Trinajstić information content (AvgIpc) is 2.65. The third-order valence-corrected chi connectivity index (χ3v) is 4.00. The molecule has 2 aromatic carbocycles. The number of hydrogen-bond donors (Lipinski definition) is 1. The summed E-state index contributed by atoms with van der Waals surface area (Å²) in [5.41, 5.74) is 3.29. The van der Waals surface area contributed by atoms with Crippen LogP contribution in [0.3, 0.4) is 0 Å². The van der Waals surface area contributed by atoms with Gasteiger partial charge in [-0.05, 0) is 55.5 Å². The zero-order valence-electron chi connectivity index (χ0n) is 14.1. The number of hydrazone groups is 1. The van der Waals surface area contributed by atoms with Crippen molar-refractivity contribution in [3.63, 3.8) is 0 Å². The molecule has 0 spiro atoms. The zero-order chi connectivity index (χ0) is 18.7. The van der Waals surface area contributed by atoms with E-state index in [4.69, 9.17) is 20.8 Å². The highest BCUT2D eigenvalue weighted by Gasteiger charge is 2.10. The van der Waals surface area contributed by atoms with Gasteiger partial charge in [0.1, 0.15) is 11.3 Å². The van der Waals surface area contributed by atoms with E-state index in [1.807, 2.05) is 0 Å². The van der Waals surface area contributed by atoms with Crippen LogP contribution in [0.1, 0.15) is 22.8 Å². The molecule has 1 amide bonds. The monoisotopic (exact) mass is 370 g/mol. The van der Waals surface area contributed by atoms with Crippen LogP contribution in [-0.2, 0) is 0 Å². The van der Waals surface area contributed by atoms with Crippen molar-refractivity contribution in [3.8, 4) is 5.75 Å². The standard InChI is InChI=1S/C19H15ClN2O4/c1-11(21-22-18(23)12-3-6-15(25-2)7-4-12)16-10-13-9-14(20)5-8-17(13)26-19(16)24/h3-10H,1-2H3,(H,22,23)/b21-11+. The number of amides is 1. The van der Waals surface area contributed by atoms with Gasteiger partial charge in [-0.15, -0.1) is 0 Å². The number of carbonyl (C=O) groups is 1. The highest BCUT2D eigenvalue weighted by molar-refractivity contribution is 6.31. The van der Waals surface area contributed by atoms with Crippen molar-refractivity contribution < 1.29 is 13.9 Å². The summed E-state index contributed by atoms with van der Waals surface area (Å²) in [6, 6.07) is 13.2. The van der Waals surface area contributed by atoms with Crippen molar-refractivity contribution in [3.05, 3.63) is 75.1 Å². The fraction of sp³-hybridized carbons (Fsp3) is 0.105. The third kappa shape index (κ3) is 3.75. The van der Waals surface area contributed by atoms with Gasteiger partial charge in [-0.25, -0.2) is 10.2 Å². The van der Waals surface area contributed by atoms with Crippen molar-refractivity contribution in [2.24, 2.45) is 5.10 Å². The van der Waals surface area contributed by atoms with E-state index in [2.05, 4.69) is 10.5 Å². The Hall–Kier alpha value is -3.12. The van der Waals surface area contributed by atoms with E-state index in [1.165, 1.54) is 0 Å². The van der Waals surface area contributed by atoms with Crippen LogP contribution in [0.2, 0.25) is 5.02 Å². The number of ether oxygens (including phenoxy) is 1. The van der Waals surface area contributed by atoms with E-state index in [9.17, 15) is 9.59 Å². The maximum Gasteiger partial charge on any atom is 0.345 e. The lowest BCUT2D eigenvalue weighted by atomic mass is 10.1. The van der Waals surface area contributed by atoms with E-state index in [0.29, 0.717) is 33.0 Å². The Morgan fingerprint density at radius 1 is 1.15 bits per heavy atom. The normalized spacial score (nSPS) is 11.4. The van der Waals surface area contributed by atoms with Crippen LogP contribution in [-0.4, -0.2) is 18.7 Å². The second kappa shape index (κ2) is 7.41. The summed E-state index contributed by atoms with van der Waals surface area (Å²) in [7, 11) is 1.55. The van der Waals surface area contributed by atoms with E-state index in [1.54, 1.807) is 62.6 Å². The van der Waals surface area contributed by atoms with Crippen LogP contribution < -0.4 is 15.8 Å². The van der Waals surface area contributed by atoms with Gasteiger partial charge in [-0.1, -0.05) is 11.6 Å². The molecule has 1 heterocycles. The van der Waals surface area contributed by atoms with Gasteiger partial charge in [0.2, 0.25) is 0 Å². The Balaban J connectivity index is 1.84. The van der Waals surface area contributed by atoms with Gasteiger partial charge in [0, 0.05) is 16.0 Å². The van der Waals surface area contributed by atoms with Crippen LogP contribution in [0.4, 0.5) is 0 Å². The fourth-order valence-corrected chi connectivity index (χ4v) is 2.53. The van der Waals surface area contributed by atoms with Crippen LogP contribution >= 0.6 is 11.6 Å². The van der Waals surface area contributed by atoms with Crippen molar-refractivity contribution in [1.29, 1.82) is 0 Å². The molecule has 0 radical (unpaired) electrons. The molecule has 3 aromatic rings. The Labute approximate surface area is 154 Å². The number of fused-ring (bicyclic) bond motifs is 1. The quantitative estimate of drug-likeness (QED) is 0.432. The van der Waals surface area contributed by atoms with Gasteiger partial charge in [-0.3, -0.25) is 4.79 Å². The van der Waals surface area contributed by atoms with Gasteiger partial charge in [0.15, 0.2) is 0 Å². The van der Waals surface area contributed by atoms with Gasteiger partial charge >= 0.3 is 5.63 Å². The van der Waals surface area contributed by atoms with Crippen molar-refractivity contribution in [2.45, 2.75) is 6.92 Å². The summed E-state index contributed by atoms with van der Waals surface area (Å²) in [5, 5.41) is 5.19. The Morgan fingerprint density at radius 2 is 1.88 bits per heavy atom. The third-order valence-electron chi connectivity index (χ3n) is 3.76. The summed E-state index contributed by atoms with van der Waals surface area (Å²) in [5.74, 6) is 0.244. The maximum atomic E-state index is 12.1. The van der Waals surface area contributed by atoms with Crippen LogP contribution in [0.25, 0.3) is 11.0 Å². The number of nitrogens with zero attached hydrogens (tertiary/aromatic N) is 1. The smallest absolute Gasteiger partial charge is 0.345 e. The fourth-order valence-electron chi connectivity index (χ4n) is 2.35. The van der Waals surface area contributed by atoms with Crippen molar-refractivity contribution in [1.82, 2.24) is 5.43 Å². The lowest BCUT2D eigenvalue weighted by molar-refractivity contribution is 0.0955. The molecule has 0 saturated carbocycles. The number of rotatable bonds is 4. The molecule has 0 aliphatic heterocycles. The van der Waals surface area contributed by atoms with Gasteiger partial charge < -0.3 is 9.15 Å². The predicted molar refractivity (Wildman–Crippen MR) is 100 cm³/mol. The molecule has 0 bridgehead atoms. The predicted octanol–water partition coefficient (Wildman–Crippen LogP) is 3.61. The van der Waals surface area contributed by atoms with Gasteiger partial charge in [0.25, 0.3) is 5.91 Å². The first-order valence-corrected chi connectivity index (χ1v) is 8.08. The minimum atomic E-state index is -0.542. The first-order chi connectivity index (χ1) is 12.5. The minimum Gasteiger partial charge on any atom is -0.497 e. The summed E-state index contributed by atoms with van der Waals surface area (Å²) in [6.45, 7) is 1.61. The van der Waals surface area contributed by atoms with Crippen molar-refractivity contribution >= 4 is 34.2 Å². The average molecular weight is 371 g/mol. The Morgan fingerprint density at radius 3 is 2.58 bits per heavy atom. The molecule has 1 N–H and O–H groups in total. The van der Waals surface area contributed by atoms with E-state index >= 15 is 0 Å². The lowest BCUT2D eigenvalue weighted by Crippen LogP contribution is -2.21. The first-order valence-electron chi connectivity index (χ1n) is 7.70. The van der Waals surface area contributed by atoms with Gasteiger partial charge in [0.05, 0.1) is 18.4 Å². The SMILES string of the molecule is COc1ccc(C(=O)N/N=C(\C)c2cc3cc(Cl)ccc3oc2=O)cc1. The topological polar surface area (TPSA) is 80.9 Å². The zero-order valence-corrected chi connectivity index (χ0v) is 14.8. The van der Waals surface area contributed by atoms with E-state index in [-0.39, 0.29) is 5.56 Å². The second-order valence-electron chi connectivity index (χ2n) is 5.50. The van der Waals surface area contributed by atoms with E-state index < -0.39 is 11.5 Å². The molecule has 6 nitrogen and oxygen atoms in total. The Bertz CT molecular complexity index is 1060. The largest absolute Gasteiger partial charge is 0.497 e. The van der Waals surface area contributed by atoms with Crippen molar-refractivity contribution in [2.75, 3.05) is 7.11 Å². The molecule has 0 aliphatic carbocycles.